The molecule has 0 aromatic carbocycles. The Bertz CT molecular complexity index is 153. The number of aliphatic hydroxyl groups is 2. The minimum atomic E-state index is -1.15. The summed E-state index contributed by atoms with van der Waals surface area (Å²) in [6, 6.07) is 0. The SMILES string of the molecule is O=C([O-])C1CC(O)(CO)C1.[Li+]. The molecule has 0 aromatic heterocycles. The van der Waals surface area contributed by atoms with E-state index in [0.29, 0.717) is 0 Å². The Balaban J connectivity index is 0.000001000. The van der Waals surface area contributed by atoms with Crippen molar-refractivity contribution in [2.45, 2.75) is 18.4 Å². The third-order valence-corrected chi connectivity index (χ3v) is 1.88. The quantitative estimate of drug-likeness (QED) is 0.388. The van der Waals surface area contributed by atoms with Crippen molar-refractivity contribution in [1.29, 1.82) is 0 Å². The van der Waals surface area contributed by atoms with Crippen LogP contribution in [-0.2, 0) is 4.79 Å². The van der Waals surface area contributed by atoms with Crippen molar-refractivity contribution < 1.29 is 39.0 Å². The van der Waals surface area contributed by atoms with Gasteiger partial charge in [0.25, 0.3) is 0 Å². The molecular formula is C6H9LiO4. The van der Waals surface area contributed by atoms with Crippen LogP contribution in [0.15, 0.2) is 0 Å². The summed E-state index contributed by atoms with van der Waals surface area (Å²) in [7, 11) is 0. The molecule has 2 N–H and O–H groups in total. The molecule has 0 atom stereocenters. The van der Waals surface area contributed by atoms with Crippen molar-refractivity contribution in [3.05, 3.63) is 0 Å². The first-order valence-corrected chi connectivity index (χ1v) is 3.11. The number of carboxylic acid groups (broad SMARTS) is 1. The zero-order valence-corrected chi connectivity index (χ0v) is 6.41. The number of rotatable bonds is 2. The van der Waals surface area contributed by atoms with Gasteiger partial charge in [-0.3, -0.25) is 0 Å². The van der Waals surface area contributed by atoms with Gasteiger partial charge >= 0.3 is 18.9 Å². The maximum atomic E-state index is 10.1. The second-order valence-electron chi connectivity index (χ2n) is 2.81. The molecule has 0 unspecified atom stereocenters. The van der Waals surface area contributed by atoms with Gasteiger partial charge in [0.05, 0.1) is 12.2 Å². The van der Waals surface area contributed by atoms with Crippen LogP contribution in [0.4, 0.5) is 0 Å². The van der Waals surface area contributed by atoms with Gasteiger partial charge < -0.3 is 20.1 Å². The zero-order valence-electron chi connectivity index (χ0n) is 6.41. The van der Waals surface area contributed by atoms with Gasteiger partial charge in [-0.25, -0.2) is 0 Å². The Hall–Kier alpha value is -0.0126. The summed E-state index contributed by atoms with van der Waals surface area (Å²) in [4.78, 5) is 10.1. The fourth-order valence-electron chi connectivity index (χ4n) is 1.15. The molecular weight excluding hydrogens is 143 g/mol. The van der Waals surface area contributed by atoms with Gasteiger partial charge in [0.15, 0.2) is 0 Å². The van der Waals surface area contributed by atoms with Crippen LogP contribution in [0, 0.1) is 5.92 Å². The molecule has 0 amide bonds. The van der Waals surface area contributed by atoms with E-state index in [4.69, 9.17) is 10.2 Å². The number of carbonyl (C=O) groups is 1. The van der Waals surface area contributed by atoms with E-state index in [1.54, 1.807) is 0 Å². The van der Waals surface area contributed by atoms with Crippen LogP contribution in [0.5, 0.6) is 0 Å². The standard InChI is InChI=1S/C6H10O4.Li/c7-3-6(10)1-4(2-6)5(8)9;/h4,7,10H,1-3H2,(H,8,9);/q;+1/p-1. The van der Waals surface area contributed by atoms with Crippen molar-refractivity contribution in [2.75, 3.05) is 6.61 Å². The Morgan fingerprint density at radius 1 is 1.64 bits per heavy atom. The van der Waals surface area contributed by atoms with Crippen LogP contribution in [0.3, 0.4) is 0 Å². The van der Waals surface area contributed by atoms with Gasteiger partial charge in [0, 0.05) is 11.9 Å². The minimum Gasteiger partial charge on any atom is -0.550 e. The first kappa shape index (κ1) is 11.0. The second kappa shape index (κ2) is 3.59. The van der Waals surface area contributed by atoms with Gasteiger partial charge in [-0.2, -0.15) is 0 Å². The molecule has 1 fully saturated rings. The maximum absolute atomic E-state index is 10.1. The second-order valence-corrected chi connectivity index (χ2v) is 2.81. The summed E-state index contributed by atoms with van der Waals surface area (Å²) in [6.07, 6.45) is 0.234. The molecule has 58 valence electrons. The van der Waals surface area contributed by atoms with Crippen LogP contribution in [0.25, 0.3) is 0 Å². The molecule has 0 bridgehead atoms. The van der Waals surface area contributed by atoms with Gasteiger partial charge in [-0.1, -0.05) is 0 Å². The number of hydrogen-bond donors (Lipinski definition) is 2. The smallest absolute Gasteiger partial charge is 0.550 e. The summed E-state index contributed by atoms with van der Waals surface area (Å²) in [5.41, 5.74) is -1.15. The van der Waals surface area contributed by atoms with Crippen LogP contribution >= 0.6 is 0 Å². The molecule has 1 aliphatic rings. The molecule has 0 aromatic rings. The summed E-state index contributed by atoms with van der Waals surface area (Å²) >= 11 is 0. The van der Waals surface area contributed by atoms with Crippen LogP contribution in [0.2, 0.25) is 0 Å². The number of aliphatic carboxylic acids is 1. The molecule has 0 aliphatic heterocycles. The molecule has 1 saturated carbocycles. The molecule has 0 radical (unpaired) electrons. The third kappa shape index (κ3) is 2.21. The number of aliphatic hydroxyl groups excluding tert-OH is 1. The Labute approximate surface area is 76.4 Å². The molecule has 4 nitrogen and oxygen atoms in total. The predicted molar refractivity (Wildman–Crippen MR) is 29.8 cm³/mol. The first-order valence-electron chi connectivity index (χ1n) is 3.11. The monoisotopic (exact) mass is 152 g/mol. The van der Waals surface area contributed by atoms with Crippen LogP contribution in [0.1, 0.15) is 12.8 Å². The number of hydrogen-bond acceptors (Lipinski definition) is 4. The van der Waals surface area contributed by atoms with E-state index >= 15 is 0 Å². The number of carboxylic acids is 1. The number of carbonyl (C=O) groups excluding carboxylic acids is 1. The molecule has 1 aliphatic carbocycles. The molecule has 11 heavy (non-hydrogen) atoms. The Kier molecular flexibility index (Phi) is 3.59. The summed E-state index contributed by atoms with van der Waals surface area (Å²) < 4.78 is 0. The van der Waals surface area contributed by atoms with E-state index in [-0.39, 0.29) is 38.3 Å². The Morgan fingerprint density at radius 3 is 2.36 bits per heavy atom. The molecule has 5 heteroatoms. The van der Waals surface area contributed by atoms with Crippen LogP contribution < -0.4 is 24.0 Å². The van der Waals surface area contributed by atoms with Gasteiger partial charge in [0.1, 0.15) is 0 Å². The van der Waals surface area contributed by atoms with Gasteiger partial charge in [0.2, 0.25) is 0 Å². The molecule has 0 spiro atoms. The normalized spacial score (nSPS) is 35.3. The summed E-state index contributed by atoms with van der Waals surface area (Å²) in [6.45, 7) is -0.364. The fourth-order valence-corrected chi connectivity index (χ4v) is 1.15. The van der Waals surface area contributed by atoms with Gasteiger partial charge in [-0.05, 0) is 12.8 Å². The molecule has 0 heterocycles. The van der Waals surface area contributed by atoms with E-state index < -0.39 is 17.5 Å². The topological polar surface area (TPSA) is 80.6 Å². The first-order chi connectivity index (χ1) is 4.57. The minimum absolute atomic E-state index is 0. The molecule has 0 saturated heterocycles. The van der Waals surface area contributed by atoms with E-state index in [1.165, 1.54) is 0 Å². The third-order valence-electron chi connectivity index (χ3n) is 1.88. The summed E-state index contributed by atoms with van der Waals surface area (Å²) in [5, 5.41) is 27.7. The predicted octanol–water partition coefficient (Wildman–Crippen LogP) is -5.13. The van der Waals surface area contributed by atoms with Crippen molar-refractivity contribution in [3.8, 4) is 0 Å². The van der Waals surface area contributed by atoms with Crippen molar-refractivity contribution in [2.24, 2.45) is 5.92 Å². The largest absolute Gasteiger partial charge is 1.00 e. The average molecular weight is 152 g/mol. The van der Waals surface area contributed by atoms with E-state index in [9.17, 15) is 9.90 Å². The van der Waals surface area contributed by atoms with Gasteiger partial charge in [-0.15, -0.1) is 0 Å². The molecule has 1 rings (SSSR count). The average Bonchev–Trinajstić information content (AvgIpc) is 1.80. The van der Waals surface area contributed by atoms with E-state index in [1.807, 2.05) is 0 Å². The van der Waals surface area contributed by atoms with E-state index in [0.717, 1.165) is 0 Å². The van der Waals surface area contributed by atoms with Crippen LogP contribution in [-0.4, -0.2) is 28.4 Å². The van der Waals surface area contributed by atoms with Crippen molar-refractivity contribution in [3.63, 3.8) is 0 Å². The maximum Gasteiger partial charge on any atom is 1.00 e. The fraction of sp³-hybridized carbons (Fsp3) is 0.833. The Morgan fingerprint density at radius 2 is 2.09 bits per heavy atom. The van der Waals surface area contributed by atoms with Crippen molar-refractivity contribution in [1.82, 2.24) is 0 Å². The summed E-state index contributed by atoms with van der Waals surface area (Å²) in [5.74, 6) is -1.71. The van der Waals surface area contributed by atoms with Crippen molar-refractivity contribution >= 4 is 5.97 Å². The zero-order chi connectivity index (χ0) is 7.78. The van der Waals surface area contributed by atoms with E-state index in [2.05, 4.69) is 0 Å².